The number of carbonyl (C=O) groups is 2. The first-order valence-electron chi connectivity index (χ1n) is 11.1. The second-order valence-corrected chi connectivity index (χ2v) is 9.92. The first-order chi connectivity index (χ1) is 12.5. The van der Waals surface area contributed by atoms with E-state index in [1.807, 2.05) is 0 Å². The summed E-state index contributed by atoms with van der Waals surface area (Å²) in [6.07, 6.45) is 13.6. The Morgan fingerprint density at radius 3 is 2.12 bits per heavy atom. The summed E-state index contributed by atoms with van der Waals surface area (Å²) in [6, 6.07) is 0.267. The zero-order chi connectivity index (χ0) is 18.1. The summed E-state index contributed by atoms with van der Waals surface area (Å²) in [4.78, 5) is 27.0. The van der Waals surface area contributed by atoms with Crippen LogP contribution in [0, 0.1) is 23.2 Å². The van der Waals surface area contributed by atoms with Crippen molar-refractivity contribution in [1.82, 2.24) is 10.2 Å². The van der Waals surface area contributed by atoms with E-state index in [0.29, 0.717) is 17.7 Å². The molecule has 2 amide bonds. The first kappa shape index (κ1) is 18.3. The number of piperidine rings is 1. The topological polar surface area (TPSA) is 49.4 Å². The molecule has 5 rings (SSSR count). The van der Waals surface area contributed by atoms with Crippen molar-refractivity contribution in [3.05, 3.63) is 0 Å². The number of hydrogen-bond donors (Lipinski definition) is 1. The molecule has 5 aliphatic rings. The molecule has 4 nitrogen and oxygen atoms in total. The van der Waals surface area contributed by atoms with E-state index in [-0.39, 0.29) is 11.9 Å². The van der Waals surface area contributed by atoms with Crippen molar-refractivity contribution in [2.75, 3.05) is 13.1 Å². The molecular formula is C22H36N2O2. The summed E-state index contributed by atoms with van der Waals surface area (Å²) in [7, 11) is 0. The largest absolute Gasteiger partial charge is 0.353 e. The van der Waals surface area contributed by atoms with Crippen LogP contribution in [0.15, 0.2) is 0 Å². The van der Waals surface area contributed by atoms with E-state index in [9.17, 15) is 9.59 Å². The van der Waals surface area contributed by atoms with Gasteiger partial charge in [-0.05, 0) is 81.0 Å². The van der Waals surface area contributed by atoms with Crippen LogP contribution >= 0.6 is 0 Å². The number of rotatable bonds is 6. The molecule has 4 heteroatoms. The Kier molecular flexibility index (Phi) is 5.29. The van der Waals surface area contributed by atoms with Crippen molar-refractivity contribution in [2.45, 2.75) is 90.0 Å². The number of carbonyl (C=O) groups excluding carboxylic acids is 2. The van der Waals surface area contributed by atoms with E-state index < -0.39 is 0 Å². The van der Waals surface area contributed by atoms with E-state index >= 15 is 0 Å². The van der Waals surface area contributed by atoms with Gasteiger partial charge in [-0.3, -0.25) is 9.59 Å². The summed E-state index contributed by atoms with van der Waals surface area (Å²) >= 11 is 0. The summed E-state index contributed by atoms with van der Waals surface area (Å²) in [5.74, 6) is 3.32. The SMILES string of the molecule is CCCCC(=O)NC1CCN(C(=O)CC23CC4CC(CC(C4)C2)C3)CC1. The highest BCUT2D eigenvalue weighted by Gasteiger charge is 2.51. The van der Waals surface area contributed by atoms with Crippen molar-refractivity contribution in [2.24, 2.45) is 23.2 Å². The minimum absolute atomic E-state index is 0.185. The van der Waals surface area contributed by atoms with Crippen LogP contribution in [0.5, 0.6) is 0 Å². The molecule has 0 radical (unpaired) electrons. The predicted octanol–water partition coefficient (Wildman–Crippen LogP) is 3.89. The Morgan fingerprint density at radius 1 is 1.00 bits per heavy atom. The highest BCUT2D eigenvalue weighted by molar-refractivity contribution is 5.78. The van der Waals surface area contributed by atoms with Crippen LogP contribution in [0.1, 0.15) is 84.0 Å². The van der Waals surface area contributed by atoms with Crippen molar-refractivity contribution < 1.29 is 9.59 Å². The van der Waals surface area contributed by atoms with Gasteiger partial charge < -0.3 is 10.2 Å². The van der Waals surface area contributed by atoms with Crippen LogP contribution in [0.4, 0.5) is 0 Å². The third-order valence-corrected chi connectivity index (χ3v) is 7.66. The average molecular weight is 361 g/mol. The van der Waals surface area contributed by atoms with Crippen molar-refractivity contribution >= 4 is 11.8 Å². The van der Waals surface area contributed by atoms with Crippen LogP contribution in [0.25, 0.3) is 0 Å². The van der Waals surface area contributed by atoms with Crippen LogP contribution in [0.2, 0.25) is 0 Å². The van der Waals surface area contributed by atoms with Gasteiger partial charge in [0.1, 0.15) is 0 Å². The molecule has 1 saturated heterocycles. The van der Waals surface area contributed by atoms with E-state index in [0.717, 1.165) is 62.9 Å². The first-order valence-corrected chi connectivity index (χ1v) is 11.1. The summed E-state index contributed by atoms with van der Waals surface area (Å²) in [5.41, 5.74) is 0.344. The van der Waals surface area contributed by atoms with Crippen molar-refractivity contribution in [3.8, 4) is 0 Å². The lowest BCUT2D eigenvalue weighted by Crippen LogP contribution is -2.50. The normalized spacial score (nSPS) is 36.3. The Morgan fingerprint density at radius 2 is 1.58 bits per heavy atom. The predicted molar refractivity (Wildman–Crippen MR) is 102 cm³/mol. The maximum Gasteiger partial charge on any atom is 0.223 e. The number of unbranched alkanes of at least 4 members (excludes halogenated alkanes) is 1. The van der Waals surface area contributed by atoms with Gasteiger partial charge >= 0.3 is 0 Å². The Labute approximate surface area is 158 Å². The third kappa shape index (κ3) is 3.94. The minimum atomic E-state index is 0.185. The minimum Gasteiger partial charge on any atom is -0.353 e. The molecule has 0 atom stereocenters. The lowest BCUT2D eigenvalue weighted by Gasteiger charge is -2.57. The second kappa shape index (κ2) is 7.52. The number of likely N-dealkylation sites (tertiary alicyclic amines) is 1. The standard InChI is InChI=1S/C22H36N2O2/c1-2-3-4-20(25)23-19-5-7-24(8-6-19)21(26)15-22-12-16-9-17(13-22)11-18(10-16)14-22/h16-19H,2-15H2,1H3,(H,23,25). The van der Waals surface area contributed by atoms with E-state index in [2.05, 4.69) is 17.1 Å². The average Bonchev–Trinajstić information content (AvgIpc) is 2.59. The van der Waals surface area contributed by atoms with Crippen LogP contribution in [0.3, 0.4) is 0 Å². The summed E-state index contributed by atoms with van der Waals surface area (Å²) in [6.45, 7) is 3.76. The van der Waals surface area contributed by atoms with Gasteiger partial charge in [-0.2, -0.15) is 0 Å². The molecule has 146 valence electrons. The van der Waals surface area contributed by atoms with Gasteiger partial charge in [0.2, 0.25) is 11.8 Å². The maximum atomic E-state index is 13.0. The fourth-order valence-electron chi connectivity index (χ4n) is 6.85. The molecule has 0 aromatic carbocycles. The fourth-order valence-corrected chi connectivity index (χ4v) is 6.85. The van der Waals surface area contributed by atoms with Gasteiger partial charge in [-0.1, -0.05) is 13.3 Å². The van der Waals surface area contributed by atoms with Gasteiger partial charge in [-0.25, -0.2) is 0 Å². The van der Waals surface area contributed by atoms with Gasteiger partial charge in [-0.15, -0.1) is 0 Å². The Hall–Kier alpha value is -1.06. The molecule has 0 aromatic rings. The zero-order valence-electron chi connectivity index (χ0n) is 16.5. The summed E-state index contributed by atoms with van der Waals surface area (Å²) in [5, 5.41) is 3.16. The molecule has 0 aromatic heterocycles. The molecule has 4 bridgehead atoms. The van der Waals surface area contributed by atoms with Crippen LogP contribution in [-0.2, 0) is 9.59 Å². The number of nitrogens with zero attached hydrogens (tertiary/aromatic N) is 1. The van der Waals surface area contributed by atoms with Gasteiger partial charge in [0.25, 0.3) is 0 Å². The van der Waals surface area contributed by atoms with Gasteiger partial charge in [0, 0.05) is 32.0 Å². The van der Waals surface area contributed by atoms with Crippen molar-refractivity contribution in [3.63, 3.8) is 0 Å². The molecule has 0 spiro atoms. The van der Waals surface area contributed by atoms with Crippen LogP contribution in [-0.4, -0.2) is 35.8 Å². The van der Waals surface area contributed by atoms with E-state index in [1.54, 1.807) is 0 Å². The van der Waals surface area contributed by atoms with Crippen molar-refractivity contribution in [1.29, 1.82) is 0 Å². The second-order valence-electron chi connectivity index (χ2n) is 9.92. The van der Waals surface area contributed by atoms with E-state index in [4.69, 9.17) is 0 Å². The number of amides is 2. The molecule has 4 saturated carbocycles. The maximum absolute atomic E-state index is 13.0. The molecule has 1 heterocycles. The molecule has 5 fully saturated rings. The Bertz CT molecular complexity index is 501. The smallest absolute Gasteiger partial charge is 0.223 e. The lowest BCUT2D eigenvalue weighted by molar-refractivity contribution is -0.140. The number of hydrogen-bond acceptors (Lipinski definition) is 2. The fraction of sp³-hybridized carbons (Fsp3) is 0.909. The number of nitrogens with one attached hydrogen (secondary N) is 1. The molecule has 4 aliphatic carbocycles. The quantitative estimate of drug-likeness (QED) is 0.781. The highest BCUT2D eigenvalue weighted by Crippen LogP contribution is 2.61. The molecule has 0 unspecified atom stereocenters. The van der Waals surface area contributed by atoms with Gasteiger partial charge in [0.15, 0.2) is 0 Å². The zero-order valence-corrected chi connectivity index (χ0v) is 16.5. The summed E-state index contributed by atoms with van der Waals surface area (Å²) < 4.78 is 0. The molecule has 1 aliphatic heterocycles. The van der Waals surface area contributed by atoms with E-state index in [1.165, 1.54) is 38.5 Å². The lowest BCUT2D eigenvalue weighted by atomic mass is 9.49. The van der Waals surface area contributed by atoms with Crippen LogP contribution < -0.4 is 5.32 Å². The monoisotopic (exact) mass is 360 g/mol. The molecular weight excluding hydrogens is 324 g/mol. The highest BCUT2D eigenvalue weighted by atomic mass is 16.2. The third-order valence-electron chi connectivity index (χ3n) is 7.66. The van der Waals surface area contributed by atoms with Gasteiger partial charge in [0.05, 0.1) is 0 Å². The Balaban J connectivity index is 1.25. The molecule has 1 N–H and O–H groups in total. The molecule has 26 heavy (non-hydrogen) atoms.